The Bertz CT molecular complexity index is 654. The summed E-state index contributed by atoms with van der Waals surface area (Å²) in [4.78, 5) is 25.0. The van der Waals surface area contributed by atoms with E-state index in [1.54, 1.807) is 19.1 Å². The second-order valence-electron chi connectivity index (χ2n) is 4.46. The van der Waals surface area contributed by atoms with Gasteiger partial charge < -0.3 is 14.8 Å². The van der Waals surface area contributed by atoms with Crippen molar-refractivity contribution in [3.63, 3.8) is 0 Å². The molecule has 0 bridgehead atoms. The lowest BCUT2D eigenvalue weighted by molar-refractivity contribution is -0.384. The summed E-state index contributed by atoms with van der Waals surface area (Å²) in [6, 6.07) is 5.54. The molecule has 2 aromatic rings. The molecule has 0 radical (unpaired) electrons. The molecule has 21 heavy (non-hydrogen) atoms. The van der Waals surface area contributed by atoms with E-state index < -0.39 is 10.9 Å². The predicted octanol–water partition coefficient (Wildman–Crippen LogP) is 2.32. The van der Waals surface area contributed by atoms with Gasteiger partial charge in [0.25, 0.3) is 0 Å². The Morgan fingerprint density at radius 2 is 2.29 bits per heavy atom. The van der Waals surface area contributed by atoms with E-state index in [4.69, 9.17) is 9.52 Å². The molecule has 0 fully saturated rings. The van der Waals surface area contributed by atoms with Crippen molar-refractivity contribution >= 4 is 17.5 Å². The minimum atomic E-state index is -1.24. The van der Waals surface area contributed by atoms with Crippen LogP contribution in [-0.2, 0) is 6.42 Å². The number of furan rings is 1. The van der Waals surface area contributed by atoms with Gasteiger partial charge in [-0.2, -0.15) is 0 Å². The van der Waals surface area contributed by atoms with Gasteiger partial charge in [0.05, 0.1) is 11.2 Å². The van der Waals surface area contributed by atoms with Crippen molar-refractivity contribution in [1.82, 2.24) is 4.98 Å². The standard InChI is InChI=1S/C13H13N3O5/c1-8(7-9-3-2-6-21-9)14-12-11(16(19)20)5-4-10(15-12)13(17)18/h2-6,8H,7H2,1H3,(H,14,15)(H,17,18). The van der Waals surface area contributed by atoms with E-state index in [1.807, 2.05) is 0 Å². The number of pyridine rings is 1. The highest BCUT2D eigenvalue weighted by molar-refractivity contribution is 5.86. The number of carboxylic acid groups (broad SMARTS) is 1. The zero-order valence-electron chi connectivity index (χ0n) is 11.1. The average Bonchev–Trinajstić information content (AvgIpc) is 2.90. The Labute approximate surface area is 119 Å². The normalized spacial score (nSPS) is 11.9. The van der Waals surface area contributed by atoms with Crippen LogP contribution in [0.2, 0.25) is 0 Å². The highest BCUT2D eigenvalue weighted by Gasteiger charge is 2.20. The first-order valence-electron chi connectivity index (χ1n) is 6.15. The molecule has 110 valence electrons. The molecule has 0 aliphatic heterocycles. The van der Waals surface area contributed by atoms with Crippen molar-refractivity contribution in [3.05, 3.63) is 52.1 Å². The zero-order chi connectivity index (χ0) is 15.4. The van der Waals surface area contributed by atoms with E-state index in [0.29, 0.717) is 12.2 Å². The molecule has 2 rings (SSSR count). The Morgan fingerprint density at radius 3 is 2.86 bits per heavy atom. The van der Waals surface area contributed by atoms with E-state index in [2.05, 4.69) is 10.3 Å². The number of hydrogen-bond donors (Lipinski definition) is 2. The molecule has 2 heterocycles. The first kappa shape index (κ1) is 14.5. The lowest BCUT2D eigenvalue weighted by Crippen LogP contribution is -2.20. The lowest BCUT2D eigenvalue weighted by Gasteiger charge is -2.13. The van der Waals surface area contributed by atoms with Gasteiger partial charge >= 0.3 is 11.7 Å². The van der Waals surface area contributed by atoms with E-state index >= 15 is 0 Å². The largest absolute Gasteiger partial charge is 0.477 e. The van der Waals surface area contributed by atoms with Crippen LogP contribution in [0, 0.1) is 10.1 Å². The van der Waals surface area contributed by atoms with Gasteiger partial charge in [-0.3, -0.25) is 10.1 Å². The Kier molecular flexibility index (Phi) is 4.17. The van der Waals surface area contributed by atoms with Crippen LogP contribution in [0.15, 0.2) is 34.9 Å². The number of carboxylic acids is 1. The van der Waals surface area contributed by atoms with Crippen molar-refractivity contribution in [1.29, 1.82) is 0 Å². The summed E-state index contributed by atoms with van der Waals surface area (Å²) >= 11 is 0. The number of aromatic nitrogens is 1. The van der Waals surface area contributed by atoms with Crippen LogP contribution in [0.3, 0.4) is 0 Å². The minimum Gasteiger partial charge on any atom is -0.477 e. The summed E-state index contributed by atoms with van der Waals surface area (Å²) in [6.45, 7) is 1.79. The second kappa shape index (κ2) is 6.04. The van der Waals surface area contributed by atoms with Crippen LogP contribution in [0.1, 0.15) is 23.2 Å². The third-order valence-electron chi connectivity index (χ3n) is 2.76. The molecule has 0 spiro atoms. The molecule has 0 aliphatic carbocycles. The maximum atomic E-state index is 11.0. The molecule has 8 nitrogen and oxygen atoms in total. The summed E-state index contributed by atoms with van der Waals surface area (Å²) < 4.78 is 5.19. The van der Waals surface area contributed by atoms with E-state index in [-0.39, 0.29) is 23.2 Å². The van der Waals surface area contributed by atoms with Gasteiger partial charge in [0.1, 0.15) is 5.76 Å². The SMILES string of the molecule is CC(Cc1ccco1)Nc1nc(C(=O)O)ccc1[N+](=O)[O-]. The number of hydrogen-bond acceptors (Lipinski definition) is 6. The van der Waals surface area contributed by atoms with Gasteiger partial charge in [-0.25, -0.2) is 9.78 Å². The zero-order valence-corrected chi connectivity index (χ0v) is 11.1. The summed E-state index contributed by atoms with van der Waals surface area (Å²) in [6.07, 6.45) is 2.02. The van der Waals surface area contributed by atoms with Gasteiger partial charge in [-0.05, 0) is 25.1 Å². The topological polar surface area (TPSA) is 118 Å². The van der Waals surface area contributed by atoms with Crippen molar-refractivity contribution in [2.75, 3.05) is 5.32 Å². The number of anilines is 1. The molecule has 0 aliphatic rings. The second-order valence-corrected chi connectivity index (χ2v) is 4.46. The molecule has 0 saturated carbocycles. The van der Waals surface area contributed by atoms with Crippen molar-refractivity contribution < 1.29 is 19.2 Å². The summed E-state index contributed by atoms with van der Waals surface area (Å²) in [5.41, 5.74) is -0.528. The number of nitrogens with one attached hydrogen (secondary N) is 1. The average molecular weight is 291 g/mol. The molecule has 0 amide bonds. The first-order chi connectivity index (χ1) is 9.97. The lowest BCUT2D eigenvalue weighted by atomic mass is 10.2. The van der Waals surface area contributed by atoms with E-state index in [9.17, 15) is 14.9 Å². The number of nitro groups is 1. The van der Waals surface area contributed by atoms with Crippen molar-refractivity contribution in [2.24, 2.45) is 0 Å². The molecular formula is C13H13N3O5. The van der Waals surface area contributed by atoms with Crippen LogP contribution < -0.4 is 5.32 Å². The molecule has 2 aromatic heterocycles. The maximum Gasteiger partial charge on any atom is 0.354 e. The third kappa shape index (κ3) is 3.56. The molecule has 8 heteroatoms. The third-order valence-corrected chi connectivity index (χ3v) is 2.76. The fraction of sp³-hybridized carbons (Fsp3) is 0.231. The van der Waals surface area contributed by atoms with Crippen LogP contribution >= 0.6 is 0 Å². The quantitative estimate of drug-likeness (QED) is 0.619. The highest BCUT2D eigenvalue weighted by Crippen LogP contribution is 2.23. The fourth-order valence-electron chi connectivity index (χ4n) is 1.84. The number of aromatic carboxylic acids is 1. The molecule has 0 aromatic carbocycles. The molecule has 0 saturated heterocycles. The number of carbonyl (C=O) groups is 1. The van der Waals surface area contributed by atoms with E-state index in [1.165, 1.54) is 6.26 Å². The van der Waals surface area contributed by atoms with Crippen molar-refractivity contribution in [2.45, 2.75) is 19.4 Å². The first-order valence-corrected chi connectivity index (χ1v) is 6.15. The molecule has 1 atom stereocenters. The van der Waals surface area contributed by atoms with Crippen LogP contribution in [0.4, 0.5) is 11.5 Å². The highest BCUT2D eigenvalue weighted by atomic mass is 16.6. The molecular weight excluding hydrogens is 278 g/mol. The summed E-state index contributed by atoms with van der Waals surface area (Å²) in [5, 5.41) is 22.7. The minimum absolute atomic E-state index is 0.0704. The Balaban J connectivity index is 2.21. The van der Waals surface area contributed by atoms with Gasteiger partial charge in [-0.1, -0.05) is 0 Å². The Morgan fingerprint density at radius 1 is 1.52 bits per heavy atom. The van der Waals surface area contributed by atoms with Gasteiger partial charge in [0.2, 0.25) is 5.82 Å². The van der Waals surface area contributed by atoms with Gasteiger partial charge in [-0.15, -0.1) is 0 Å². The smallest absolute Gasteiger partial charge is 0.354 e. The summed E-state index contributed by atoms with van der Waals surface area (Å²) in [7, 11) is 0. The Hall–Kier alpha value is -2.90. The molecule has 1 unspecified atom stereocenters. The molecule has 2 N–H and O–H groups in total. The monoisotopic (exact) mass is 291 g/mol. The summed E-state index contributed by atoms with van der Waals surface area (Å²) in [5.74, 6) is -0.599. The van der Waals surface area contributed by atoms with Crippen LogP contribution in [0.5, 0.6) is 0 Å². The maximum absolute atomic E-state index is 11.0. The van der Waals surface area contributed by atoms with Crippen molar-refractivity contribution in [3.8, 4) is 0 Å². The van der Waals surface area contributed by atoms with E-state index in [0.717, 1.165) is 12.1 Å². The fourth-order valence-corrected chi connectivity index (χ4v) is 1.84. The van der Waals surface area contributed by atoms with Crippen LogP contribution in [0.25, 0.3) is 0 Å². The predicted molar refractivity (Wildman–Crippen MR) is 73.3 cm³/mol. The number of nitrogens with zero attached hydrogens (tertiary/aromatic N) is 2. The number of rotatable bonds is 6. The van der Waals surface area contributed by atoms with Gasteiger partial charge in [0.15, 0.2) is 5.69 Å². The van der Waals surface area contributed by atoms with Crippen LogP contribution in [-0.4, -0.2) is 27.0 Å². The van der Waals surface area contributed by atoms with Gasteiger partial charge in [0, 0.05) is 18.5 Å².